The third-order valence-electron chi connectivity index (χ3n) is 3.22. The van der Waals surface area contributed by atoms with Crippen molar-refractivity contribution in [2.45, 2.75) is 19.5 Å². The Hall–Kier alpha value is -2.26. The minimum Gasteiger partial charge on any atom is -0.302 e. The van der Waals surface area contributed by atoms with E-state index in [2.05, 4.69) is 15.3 Å². The van der Waals surface area contributed by atoms with E-state index in [1.807, 2.05) is 12.3 Å². The number of hydrogen-bond acceptors (Lipinski definition) is 5. The van der Waals surface area contributed by atoms with Gasteiger partial charge in [-0.1, -0.05) is 12.1 Å². The van der Waals surface area contributed by atoms with Gasteiger partial charge in [0.2, 0.25) is 5.91 Å². The number of carbonyl (C=O) groups excluding carboxylic acids is 1. The van der Waals surface area contributed by atoms with E-state index in [0.29, 0.717) is 21.4 Å². The van der Waals surface area contributed by atoms with E-state index in [0.717, 1.165) is 17.8 Å². The van der Waals surface area contributed by atoms with Gasteiger partial charge < -0.3 is 5.32 Å². The number of benzene rings is 1. The first-order valence-electron chi connectivity index (χ1n) is 7.15. The van der Waals surface area contributed by atoms with E-state index in [1.54, 1.807) is 5.38 Å². The lowest BCUT2D eigenvalue weighted by Gasteiger charge is -2.06. The molecule has 0 aliphatic rings. The van der Waals surface area contributed by atoms with Crippen LogP contribution in [0, 0.1) is 6.92 Å². The van der Waals surface area contributed by atoms with Gasteiger partial charge in [-0.3, -0.25) is 4.79 Å². The first kappa shape index (κ1) is 17.6. The molecular weight excluding hydrogens is 371 g/mol. The van der Waals surface area contributed by atoms with Crippen LogP contribution in [-0.2, 0) is 17.4 Å². The van der Waals surface area contributed by atoms with E-state index >= 15 is 0 Å². The van der Waals surface area contributed by atoms with Crippen molar-refractivity contribution in [3.8, 4) is 10.6 Å². The first-order chi connectivity index (χ1) is 11.8. The summed E-state index contributed by atoms with van der Waals surface area (Å²) in [6.07, 6.45) is -4.28. The summed E-state index contributed by atoms with van der Waals surface area (Å²) in [5, 5.41) is 7.35. The van der Waals surface area contributed by atoms with Gasteiger partial charge in [-0.2, -0.15) is 13.2 Å². The Morgan fingerprint density at radius 2 is 1.84 bits per heavy atom. The Morgan fingerprint density at radius 3 is 2.44 bits per heavy atom. The second-order valence-electron chi connectivity index (χ2n) is 5.24. The molecule has 9 heteroatoms. The van der Waals surface area contributed by atoms with E-state index in [-0.39, 0.29) is 12.3 Å². The number of thiazole rings is 2. The quantitative estimate of drug-likeness (QED) is 0.706. The average molecular weight is 383 g/mol. The first-order valence-corrected chi connectivity index (χ1v) is 8.91. The second-order valence-corrected chi connectivity index (χ2v) is 6.95. The molecule has 0 radical (unpaired) electrons. The van der Waals surface area contributed by atoms with E-state index in [1.165, 1.54) is 34.8 Å². The highest BCUT2D eigenvalue weighted by Crippen LogP contribution is 2.31. The van der Waals surface area contributed by atoms with Crippen LogP contribution in [0.25, 0.3) is 10.6 Å². The predicted octanol–water partition coefficient (Wildman–Crippen LogP) is 4.78. The maximum absolute atomic E-state index is 12.6. The molecule has 0 bridgehead atoms. The summed E-state index contributed by atoms with van der Waals surface area (Å²) in [4.78, 5) is 20.5. The van der Waals surface area contributed by atoms with Crippen LogP contribution >= 0.6 is 22.7 Å². The lowest BCUT2D eigenvalue weighted by molar-refractivity contribution is -0.137. The van der Waals surface area contributed by atoms with Gasteiger partial charge in [0.25, 0.3) is 0 Å². The van der Waals surface area contributed by atoms with Crippen LogP contribution in [0.5, 0.6) is 0 Å². The van der Waals surface area contributed by atoms with Crippen molar-refractivity contribution < 1.29 is 18.0 Å². The van der Waals surface area contributed by atoms with Gasteiger partial charge in [0.1, 0.15) is 5.01 Å². The predicted molar refractivity (Wildman–Crippen MR) is 91.7 cm³/mol. The minimum atomic E-state index is -4.36. The molecule has 0 aliphatic heterocycles. The van der Waals surface area contributed by atoms with Crippen LogP contribution in [0.2, 0.25) is 0 Å². The molecular formula is C16H12F3N3OS2. The monoisotopic (exact) mass is 383 g/mol. The van der Waals surface area contributed by atoms with Gasteiger partial charge in [-0.15, -0.1) is 22.7 Å². The number of aryl methyl sites for hydroxylation is 1. The number of aromatic nitrogens is 2. The number of hydrogen-bond donors (Lipinski definition) is 1. The maximum Gasteiger partial charge on any atom is 0.416 e. The van der Waals surface area contributed by atoms with Gasteiger partial charge in [0, 0.05) is 16.3 Å². The number of nitrogens with one attached hydrogen (secondary N) is 1. The number of alkyl halides is 3. The van der Waals surface area contributed by atoms with Gasteiger partial charge in [-0.05, 0) is 19.1 Å². The molecule has 0 unspecified atom stereocenters. The molecule has 0 saturated carbocycles. The SMILES string of the molecule is Cc1csc(NC(=O)Cc2csc(-c3ccc(C(F)(F)F)cc3)n2)n1. The molecule has 0 fully saturated rings. The lowest BCUT2D eigenvalue weighted by Crippen LogP contribution is -2.14. The fourth-order valence-electron chi connectivity index (χ4n) is 2.06. The Kier molecular flexibility index (Phi) is 4.87. The van der Waals surface area contributed by atoms with Crippen molar-refractivity contribution in [1.29, 1.82) is 0 Å². The van der Waals surface area contributed by atoms with E-state index in [4.69, 9.17) is 0 Å². The molecule has 1 N–H and O–H groups in total. The van der Waals surface area contributed by atoms with Crippen molar-refractivity contribution >= 4 is 33.7 Å². The Balaban J connectivity index is 1.66. The van der Waals surface area contributed by atoms with Crippen LogP contribution in [0.1, 0.15) is 17.0 Å². The number of anilines is 1. The minimum absolute atomic E-state index is 0.0791. The number of amides is 1. The molecule has 130 valence electrons. The summed E-state index contributed by atoms with van der Waals surface area (Å²) in [5.74, 6) is -0.237. The largest absolute Gasteiger partial charge is 0.416 e. The molecule has 2 aromatic heterocycles. The molecule has 0 atom stereocenters. The van der Waals surface area contributed by atoms with Crippen LogP contribution in [0.3, 0.4) is 0 Å². The average Bonchev–Trinajstić information content (AvgIpc) is 3.16. The molecule has 1 amide bonds. The Labute approximate surface area is 149 Å². The highest BCUT2D eigenvalue weighted by Gasteiger charge is 2.30. The van der Waals surface area contributed by atoms with Crippen LogP contribution in [0.4, 0.5) is 18.3 Å². The topological polar surface area (TPSA) is 54.9 Å². The van der Waals surface area contributed by atoms with Crippen LogP contribution in [-0.4, -0.2) is 15.9 Å². The number of halogens is 3. The summed E-state index contributed by atoms with van der Waals surface area (Å²) in [6, 6.07) is 4.80. The number of carbonyl (C=O) groups is 1. The third kappa shape index (κ3) is 4.43. The third-order valence-corrected chi connectivity index (χ3v) is 5.03. The number of rotatable bonds is 4. The molecule has 4 nitrogen and oxygen atoms in total. The van der Waals surface area contributed by atoms with Crippen LogP contribution < -0.4 is 5.32 Å². The number of nitrogens with zero attached hydrogens (tertiary/aromatic N) is 2. The molecule has 1 aromatic carbocycles. The summed E-state index contributed by atoms with van der Waals surface area (Å²) >= 11 is 2.62. The summed E-state index contributed by atoms with van der Waals surface area (Å²) in [7, 11) is 0. The molecule has 25 heavy (non-hydrogen) atoms. The Bertz CT molecular complexity index is 885. The fourth-order valence-corrected chi connectivity index (χ4v) is 3.59. The van der Waals surface area contributed by atoms with Crippen LogP contribution in [0.15, 0.2) is 35.0 Å². The zero-order valence-corrected chi connectivity index (χ0v) is 14.6. The molecule has 2 heterocycles. The van der Waals surface area contributed by atoms with Gasteiger partial charge in [0.05, 0.1) is 23.4 Å². The fraction of sp³-hybridized carbons (Fsp3) is 0.188. The zero-order valence-electron chi connectivity index (χ0n) is 12.9. The van der Waals surface area contributed by atoms with Crippen molar-refractivity contribution in [3.05, 3.63) is 52.0 Å². The molecule has 3 rings (SSSR count). The Morgan fingerprint density at radius 1 is 1.12 bits per heavy atom. The maximum atomic E-state index is 12.6. The second kappa shape index (κ2) is 6.93. The zero-order chi connectivity index (χ0) is 18.0. The summed E-state index contributed by atoms with van der Waals surface area (Å²) in [6.45, 7) is 1.84. The van der Waals surface area contributed by atoms with Gasteiger partial charge in [-0.25, -0.2) is 9.97 Å². The van der Waals surface area contributed by atoms with Crippen molar-refractivity contribution in [2.24, 2.45) is 0 Å². The van der Waals surface area contributed by atoms with Gasteiger partial charge in [0.15, 0.2) is 5.13 Å². The van der Waals surface area contributed by atoms with E-state index in [9.17, 15) is 18.0 Å². The summed E-state index contributed by atoms with van der Waals surface area (Å²) in [5.41, 5.74) is 1.27. The van der Waals surface area contributed by atoms with Gasteiger partial charge >= 0.3 is 6.18 Å². The highest BCUT2D eigenvalue weighted by atomic mass is 32.1. The van der Waals surface area contributed by atoms with Crippen molar-refractivity contribution in [2.75, 3.05) is 5.32 Å². The molecule has 0 saturated heterocycles. The van der Waals surface area contributed by atoms with Crippen molar-refractivity contribution in [3.63, 3.8) is 0 Å². The molecule has 0 aliphatic carbocycles. The van der Waals surface area contributed by atoms with E-state index < -0.39 is 11.7 Å². The standard InChI is InChI=1S/C16H12F3N3OS2/c1-9-7-25-15(20-9)22-13(23)6-12-8-24-14(21-12)10-2-4-11(5-3-10)16(17,18)19/h2-5,7-8H,6H2,1H3,(H,20,22,23). The molecule has 0 spiro atoms. The highest BCUT2D eigenvalue weighted by molar-refractivity contribution is 7.14. The molecule has 3 aromatic rings. The normalized spacial score (nSPS) is 11.5. The smallest absolute Gasteiger partial charge is 0.302 e. The summed E-state index contributed by atoms with van der Waals surface area (Å²) < 4.78 is 37.8. The van der Waals surface area contributed by atoms with Crippen molar-refractivity contribution in [1.82, 2.24) is 9.97 Å². The lowest BCUT2D eigenvalue weighted by atomic mass is 10.1.